The topological polar surface area (TPSA) is 23.9 Å². The quantitative estimate of drug-likeness (QED) is 0.773. The van der Waals surface area contributed by atoms with Gasteiger partial charge in [-0.05, 0) is 0 Å². The summed E-state index contributed by atoms with van der Waals surface area (Å²) in [5, 5.41) is 7.39. The minimum atomic E-state index is 0.453. The maximum atomic E-state index is 7.39. The molecule has 1 aliphatic carbocycles. The van der Waals surface area contributed by atoms with Gasteiger partial charge in [0, 0.05) is 0 Å². The van der Waals surface area contributed by atoms with Gasteiger partial charge >= 0.3 is 90.0 Å². The van der Waals surface area contributed by atoms with E-state index in [0.29, 0.717) is 25.5 Å². The second-order valence-electron chi connectivity index (χ2n) is 3.07. The monoisotopic (exact) mass is 249 g/mol. The molecule has 0 saturated carbocycles. The van der Waals surface area contributed by atoms with Crippen molar-refractivity contribution in [1.82, 2.24) is 0 Å². The second kappa shape index (κ2) is 4.41. The van der Waals surface area contributed by atoms with Gasteiger partial charge in [0.1, 0.15) is 0 Å². The van der Waals surface area contributed by atoms with Crippen LogP contribution in [0.25, 0.3) is 0 Å². The molecule has 1 aromatic carbocycles. The standard InChI is InChI=1S/C12H11NSe/c13-10-6-8-12(9-7-10)14-11-4-2-1-3-5-11/h1-9,12-13H. The summed E-state index contributed by atoms with van der Waals surface area (Å²) in [6, 6.07) is 10.5. The average Bonchev–Trinajstić information content (AvgIpc) is 2.23. The van der Waals surface area contributed by atoms with E-state index in [0.717, 1.165) is 0 Å². The zero-order valence-corrected chi connectivity index (χ0v) is 9.39. The first-order chi connectivity index (χ1) is 6.84. The van der Waals surface area contributed by atoms with Gasteiger partial charge in [0.15, 0.2) is 0 Å². The first-order valence-corrected chi connectivity index (χ1v) is 6.36. The van der Waals surface area contributed by atoms with E-state index in [-0.39, 0.29) is 0 Å². The number of nitrogens with one attached hydrogen (secondary N) is 1. The van der Waals surface area contributed by atoms with Crippen LogP contribution in [0.5, 0.6) is 0 Å². The number of hydrogen-bond donors (Lipinski definition) is 1. The number of allylic oxidation sites excluding steroid dienone is 4. The minimum absolute atomic E-state index is 0.453. The fourth-order valence-corrected chi connectivity index (χ4v) is 3.23. The zero-order valence-electron chi connectivity index (χ0n) is 7.68. The van der Waals surface area contributed by atoms with Crippen molar-refractivity contribution in [2.75, 3.05) is 0 Å². The summed E-state index contributed by atoms with van der Waals surface area (Å²) in [5.74, 6) is 0. The summed E-state index contributed by atoms with van der Waals surface area (Å²) in [6.45, 7) is 0. The zero-order chi connectivity index (χ0) is 9.80. The molecule has 1 aromatic rings. The molecule has 0 saturated heterocycles. The summed E-state index contributed by atoms with van der Waals surface area (Å²) in [7, 11) is 0. The molecule has 2 heteroatoms. The van der Waals surface area contributed by atoms with Crippen LogP contribution in [0.2, 0.25) is 4.82 Å². The molecule has 0 fully saturated rings. The second-order valence-corrected chi connectivity index (χ2v) is 5.69. The Morgan fingerprint density at radius 1 is 1.00 bits per heavy atom. The van der Waals surface area contributed by atoms with E-state index in [1.54, 1.807) is 0 Å². The van der Waals surface area contributed by atoms with Crippen molar-refractivity contribution in [2.45, 2.75) is 4.82 Å². The number of hydrogen-bond acceptors (Lipinski definition) is 1. The molecule has 14 heavy (non-hydrogen) atoms. The van der Waals surface area contributed by atoms with E-state index in [1.165, 1.54) is 4.46 Å². The molecular formula is C12H11NSe. The van der Waals surface area contributed by atoms with Crippen LogP contribution in [0, 0.1) is 5.41 Å². The fourth-order valence-electron chi connectivity index (χ4n) is 1.25. The number of benzene rings is 1. The van der Waals surface area contributed by atoms with Gasteiger partial charge in [-0.1, -0.05) is 0 Å². The van der Waals surface area contributed by atoms with E-state index >= 15 is 0 Å². The molecule has 1 nitrogen and oxygen atoms in total. The van der Waals surface area contributed by atoms with Crippen molar-refractivity contribution in [3.05, 3.63) is 54.6 Å². The van der Waals surface area contributed by atoms with Crippen LogP contribution in [0.1, 0.15) is 0 Å². The molecule has 0 heterocycles. The predicted octanol–water partition coefficient (Wildman–Crippen LogP) is 1.95. The van der Waals surface area contributed by atoms with E-state index in [4.69, 9.17) is 5.41 Å². The normalized spacial score (nSPS) is 20.0. The molecule has 0 radical (unpaired) electrons. The van der Waals surface area contributed by atoms with Gasteiger partial charge < -0.3 is 0 Å². The summed E-state index contributed by atoms with van der Waals surface area (Å²) in [6.07, 6.45) is 8.01. The van der Waals surface area contributed by atoms with Crippen molar-refractivity contribution in [3.63, 3.8) is 0 Å². The Morgan fingerprint density at radius 2 is 1.64 bits per heavy atom. The molecule has 70 valence electrons. The molecule has 1 aliphatic rings. The average molecular weight is 248 g/mol. The molecule has 0 unspecified atom stereocenters. The predicted molar refractivity (Wildman–Crippen MR) is 61.6 cm³/mol. The van der Waals surface area contributed by atoms with Crippen LogP contribution in [0.15, 0.2) is 54.6 Å². The van der Waals surface area contributed by atoms with Gasteiger partial charge in [-0.15, -0.1) is 0 Å². The number of rotatable bonds is 2. The molecule has 0 spiro atoms. The van der Waals surface area contributed by atoms with E-state index in [2.05, 4.69) is 36.4 Å². The van der Waals surface area contributed by atoms with E-state index in [9.17, 15) is 0 Å². The Labute approximate surface area is 90.2 Å². The van der Waals surface area contributed by atoms with E-state index in [1.807, 2.05) is 18.2 Å². The van der Waals surface area contributed by atoms with Gasteiger partial charge in [0.05, 0.1) is 0 Å². The molecule has 0 aliphatic heterocycles. The third-order valence-corrected chi connectivity index (χ3v) is 4.32. The van der Waals surface area contributed by atoms with Crippen molar-refractivity contribution in [2.24, 2.45) is 0 Å². The van der Waals surface area contributed by atoms with Gasteiger partial charge in [-0.2, -0.15) is 0 Å². The SMILES string of the molecule is N=C1C=CC([Se]c2ccccc2)C=C1. The Morgan fingerprint density at radius 3 is 2.29 bits per heavy atom. The molecule has 0 bridgehead atoms. The van der Waals surface area contributed by atoms with Gasteiger partial charge in [0.25, 0.3) is 0 Å². The molecular weight excluding hydrogens is 237 g/mol. The maximum absolute atomic E-state index is 7.39. The van der Waals surface area contributed by atoms with Crippen molar-refractivity contribution in [3.8, 4) is 0 Å². The van der Waals surface area contributed by atoms with Crippen LogP contribution < -0.4 is 4.46 Å². The third kappa shape index (κ3) is 2.44. The molecule has 1 N–H and O–H groups in total. The van der Waals surface area contributed by atoms with Crippen LogP contribution in [0.4, 0.5) is 0 Å². The summed E-state index contributed by atoms with van der Waals surface area (Å²) < 4.78 is 1.41. The van der Waals surface area contributed by atoms with E-state index < -0.39 is 0 Å². The van der Waals surface area contributed by atoms with Gasteiger partial charge in [-0.25, -0.2) is 0 Å². The molecule has 0 atom stereocenters. The van der Waals surface area contributed by atoms with Gasteiger partial charge in [-0.3, -0.25) is 0 Å². The van der Waals surface area contributed by atoms with Gasteiger partial charge in [0.2, 0.25) is 0 Å². The molecule has 2 rings (SSSR count). The third-order valence-electron chi connectivity index (χ3n) is 1.95. The Bertz CT molecular complexity index is 363. The molecule has 0 amide bonds. The summed E-state index contributed by atoms with van der Waals surface area (Å²) in [5.41, 5.74) is 0.602. The summed E-state index contributed by atoms with van der Waals surface area (Å²) in [4.78, 5) is 0.513. The van der Waals surface area contributed by atoms with Crippen molar-refractivity contribution in [1.29, 1.82) is 5.41 Å². The first-order valence-electron chi connectivity index (χ1n) is 4.51. The first kappa shape index (κ1) is 9.44. The Kier molecular flexibility index (Phi) is 2.97. The van der Waals surface area contributed by atoms with Crippen molar-refractivity contribution < 1.29 is 0 Å². The van der Waals surface area contributed by atoms with Crippen LogP contribution in [0.3, 0.4) is 0 Å². The van der Waals surface area contributed by atoms with Crippen molar-refractivity contribution >= 4 is 25.1 Å². The Hall–Kier alpha value is -1.11. The fraction of sp³-hybridized carbons (Fsp3) is 0.0833. The molecule has 0 aromatic heterocycles. The van der Waals surface area contributed by atoms with Crippen LogP contribution in [-0.4, -0.2) is 20.7 Å². The van der Waals surface area contributed by atoms with Crippen LogP contribution >= 0.6 is 0 Å². The summed E-state index contributed by atoms with van der Waals surface area (Å²) >= 11 is 0.453. The Balaban J connectivity index is 2.03. The van der Waals surface area contributed by atoms with Crippen LogP contribution in [-0.2, 0) is 0 Å².